The van der Waals surface area contributed by atoms with Crippen molar-refractivity contribution in [2.45, 2.75) is 0 Å². The molecule has 4 nitrogen and oxygen atoms in total. The molecule has 0 rings (SSSR count). The van der Waals surface area contributed by atoms with Gasteiger partial charge in [0.25, 0.3) is 0 Å². The number of halogens is 2. The Hall–Kier alpha value is 0.520. The van der Waals surface area contributed by atoms with E-state index in [-0.39, 0.29) is 35.4 Å². The standard InChI is InChI=1S/2C2H3ClO2.Na/c2*3-1-2(4)5;/h2*1H2,(H,4,5);/q;;+1/p-1. The smallest absolute Gasteiger partial charge is 0.549 e. The van der Waals surface area contributed by atoms with Crippen LogP contribution in [0.15, 0.2) is 0 Å². The predicted octanol–water partition coefficient (Wildman–Crippen LogP) is -3.71. The number of aliphatic carboxylic acids is 2. The van der Waals surface area contributed by atoms with E-state index in [4.69, 9.17) is 26.6 Å². The molecule has 0 aromatic rings. The molecule has 0 atom stereocenters. The summed E-state index contributed by atoms with van der Waals surface area (Å²) in [5.74, 6) is -2.93. The van der Waals surface area contributed by atoms with E-state index in [2.05, 4.69) is 11.6 Å². The summed E-state index contributed by atoms with van der Waals surface area (Å²) in [5.41, 5.74) is 0. The Kier molecular flexibility index (Phi) is 21.0. The molecule has 0 radical (unpaired) electrons. The second kappa shape index (κ2) is 13.1. The molecule has 0 aliphatic rings. The summed E-state index contributed by atoms with van der Waals surface area (Å²) in [6.45, 7) is 0. The van der Waals surface area contributed by atoms with Gasteiger partial charge < -0.3 is 15.0 Å². The quantitative estimate of drug-likeness (QED) is 0.376. The Morgan fingerprint density at radius 1 is 1.27 bits per heavy atom. The zero-order chi connectivity index (χ0) is 8.57. The molecule has 0 spiro atoms. The molecule has 0 saturated carbocycles. The predicted molar refractivity (Wildman–Crippen MR) is 34.1 cm³/mol. The Labute approximate surface area is 95.8 Å². The van der Waals surface area contributed by atoms with E-state index >= 15 is 0 Å². The van der Waals surface area contributed by atoms with E-state index < -0.39 is 17.8 Å². The Balaban J connectivity index is -0.000000107. The maximum Gasteiger partial charge on any atom is 1.00 e. The van der Waals surface area contributed by atoms with Crippen LogP contribution in [-0.4, -0.2) is 28.8 Å². The Morgan fingerprint density at radius 2 is 1.45 bits per heavy atom. The monoisotopic (exact) mass is 210 g/mol. The number of carboxylic acids is 2. The average Bonchev–Trinajstić information content (AvgIpc) is 1.89. The van der Waals surface area contributed by atoms with Gasteiger partial charge in [0.1, 0.15) is 5.88 Å². The van der Waals surface area contributed by atoms with E-state index in [9.17, 15) is 4.79 Å². The van der Waals surface area contributed by atoms with Gasteiger partial charge in [-0.2, -0.15) is 0 Å². The average molecular weight is 211 g/mol. The van der Waals surface area contributed by atoms with Gasteiger partial charge in [0.2, 0.25) is 0 Å². The maximum absolute atomic E-state index is 9.24. The minimum Gasteiger partial charge on any atom is -0.549 e. The van der Waals surface area contributed by atoms with Gasteiger partial charge in [0.05, 0.1) is 11.8 Å². The third-order valence-electron chi connectivity index (χ3n) is 0.223. The van der Waals surface area contributed by atoms with Gasteiger partial charge in [-0.25, -0.2) is 0 Å². The summed E-state index contributed by atoms with van der Waals surface area (Å²) in [5, 5.41) is 16.7. The molecule has 0 heterocycles. The molecular weight excluding hydrogens is 206 g/mol. The van der Waals surface area contributed by atoms with E-state index in [1.54, 1.807) is 0 Å². The number of carbonyl (C=O) groups is 2. The van der Waals surface area contributed by atoms with Crippen LogP contribution >= 0.6 is 23.2 Å². The van der Waals surface area contributed by atoms with E-state index in [0.717, 1.165) is 0 Å². The largest absolute Gasteiger partial charge is 1.00 e. The first-order valence-corrected chi connectivity index (χ1v) is 3.15. The van der Waals surface area contributed by atoms with Gasteiger partial charge in [-0.05, 0) is 0 Å². The van der Waals surface area contributed by atoms with E-state index in [0.29, 0.717) is 0 Å². The number of hydrogen-bond acceptors (Lipinski definition) is 3. The second-order valence-corrected chi connectivity index (χ2v) is 1.57. The fourth-order valence-electron chi connectivity index (χ4n) is 0. The van der Waals surface area contributed by atoms with Gasteiger partial charge in [-0.1, -0.05) is 0 Å². The zero-order valence-corrected chi connectivity index (χ0v) is 9.35. The number of rotatable bonds is 2. The van der Waals surface area contributed by atoms with Crippen LogP contribution in [-0.2, 0) is 9.59 Å². The summed E-state index contributed by atoms with van der Waals surface area (Å²) in [4.78, 5) is 18.4. The minimum absolute atomic E-state index is 0. The van der Waals surface area contributed by atoms with Crippen molar-refractivity contribution in [1.82, 2.24) is 0 Å². The Morgan fingerprint density at radius 3 is 1.45 bits per heavy atom. The van der Waals surface area contributed by atoms with Gasteiger partial charge in [0.15, 0.2) is 0 Å². The summed E-state index contributed by atoms with van der Waals surface area (Å²) < 4.78 is 0. The van der Waals surface area contributed by atoms with E-state index in [1.807, 2.05) is 0 Å². The fourth-order valence-corrected chi connectivity index (χ4v) is 0. The van der Waals surface area contributed by atoms with Gasteiger partial charge in [0, 0.05) is 0 Å². The molecule has 1 N–H and O–H groups in total. The molecule has 11 heavy (non-hydrogen) atoms. The molecule has 0 saturated heterocycles. The molecule has 0 aromatic heterocycles. The Bertz CT molecular complexity index is 105. The van der Waals surface area contributed by atoms with Crippen LogP contribution in [0.4, 0.5) is 0 Å². The van der Waals surface area contributed by atoms with Crippen LogP contribution < -0.4 is 34.7 Å². The summed E-state index contributed by atoms with van der Waals surface area (Å²) in [6.07, 6.45) is 0. The molecule has 7 heteroatoms. The van der Waals surface area contributed by atoms with Gasteiger partial charge in [-0.3, -0.25) is 4.79 Å². The van der Waals surface area contributed by atoms with Crippen molar-refractivity contribution in [3.63, 3.8) is 0 Å². The number of carbonyl (C=O) groups excluding carboxylic acids is 1. The fraction of sp³-hybridized carbons (Fsp3) is 0.500. The SMILES string of the molecule is O=C(O)CCl.O=C([O-])CCl.[Na+]. The molecule has 0 unspecified atom stereocenters. The first kappa shape index (κ1) is 17.6. The second-order valence-electron chi connectivity index (χ2n) is 1.03. The number of alkyl halides is 2. The van der Waals surface area contributed by atoms with Gasteiger partial charge >= 0.3 is 35.5 Å². The maximum atomic E-state index is 9.24. The van der Waals surface area contributed by atoms with E-state index in [1.165, 1.54) is 0 Å². The van der Waals surface area contributed by atoms with Gasteiger partial charge in [-0.15, -0.1) is 23.2 Å². The van der Waals surface area contributed by atoms with Crippen molar-refractivity contribution < 1.29 is 49.4 Å². The molecule has 0 fully saturated rings. The molecule has 0 amide bonds. The van der Waals surface area contributed by atoms with Crippen molar-refractivity contribution in [2.75, 3.05) is 11.8 Å². The number of carboxylic acid groups (broad SMARTS) is 2. The van der Waals surface area contributed by atoms with Crippen LogP contribution in [0.3, 0.4) is 0 Å². The molecule has 0 aromatic carbocycles. The third kappa shape index (κ3) is 37.4. The van der Waals surface area contributed by atoms with Crippen LogP contribution in [0.1, 0.15) is 0 Å². The van der Waals surface area contributed by atoms with Crippen molar-refractivity contribution >= 4 is 35.1 Å². The molecule has 0 aliphatic heterocycles. The van der Waals surface area contributed by atoms with Crippen LogP contribution in [0.5, 0.6) is 0 Å². The first-order valence-electron chi connectivity index (χ1n) is 2.08. The van der Waals surface area contributed by atoms with Crippen molar-refractivity contribution in [3.8, 4) is 0 Å². The zero-order valence-electron chi connectivity index (χ0n) is 5.84. The van der Waals surface area contributed by atoms with Crippen molar-refractivity contribution in [2.24, 2.45) is 0 Å². The first-order chi connectivity index (χ1) is 4.54. The summed E-state index contributed by atoms with van der Waals surface area (Å²) >= 11 is 9.41. The molecule has 0 aliphatic carbocycles. The molecule has 60 valence electrons. The molecular formula is C4H5Cl2NaO4. The van der Waals surface area contributed by atoms with Crippen LogP contribution in [0, 0.1) is 0 Å². The topological polar surface area (TPSA) is 77.4 Å². The van der Waals surface area contributed by atoms with Crippen molar-refractivity contribution in [1.29, 1.82) is 0 Å². The van der Waals surface area contributed by atoms with Crippen molar-refractivity contribution in [3.05, 3.63) is 0 Å². The summed E-state index contributed by atoms with van der Waals surface area (Å²) in [6, 6.07) is 0. The third-order valence-corrected chi connectivity index (χ3v) is 0.670. The normalized spacial score (nSPS) is 6.73. The van der Waals surface area contributed by atoms with Crippen LogP contribution in [0.2, 0.25) is 0 Å². The summed E-state index contributed by atoms with van der Waals surface area (Å²) in [7, 11) is 0. The minimum atomic E-state index is -1.23. The van der Waals surface area contributed by atoms with Crippen LogP contribution in [0.25, 0.3) is 0 Å². The molecule has 0 bridgehead atoms. The number of hydrogen-bond donors (Lipinski definition) is 1.